The van der Waals surface area contributed by atoms with E-state index < -0.39 is 9.84 Å². The number of hydrogen-bond donors (Lipinski definition) is 0. The second-order valence-corrected chi connectivity index (χ2v) is 8.87. The lowest BCUT2D eigenvalue weighted by molar-refractivity contribution is 0.0569. The number of ether oxygens (including phenoxy) is 1. The Bertz CT molecular complexity index is 669. The van der Waals surface area contributed by atoms with Crippen molar-refractivity contribution in [3.63, 3.8) is 0 Å². The summed E-state index contributed by atoms with van der Waals surface area (Å²) in [6.07, 6.45) is 4.60. The molecule has 0 unspecified atom stereocenters. The molecule has 1 aromatic carbocycles. The maximum Gasteiger partial charge on any atom is 0.254 e. The highest BCUT2D eigenvalue weighted by molar-refractivity contribution is 7.91. The molecule has 1 amide bonds. The van der Waals surface area contributed by atoms with Crippen LogP contribution < -0.4 is 0 Å². The van der Waals surface area contributed by atoms with Gasteiger partial charge in [-0.05, 0) is 49.9 Å². The summed E-state index contributed by atoms with van der Waals surface area (Å²) >= 11 is 0. The normalized spacial score (nSPS) is 21.1. The molecule has 25 heavy (non-hydrogen) atoms. The summed E-state index contributed by atoms with van der Waals surface area (Å²) in [5, 5.41) is 0. The van der Waals surface area contributed by atoms with Gasteiger partial charge in [0, 0.05) is 25.3 Å². The number of benzene rings is 1. The maximum absolute atomic E-state index is 12.9. The molecule has 5 nitrogen and oxygen atoms in total. The van der Waals surface area contributed by atoms with Gasteiger partial charge in [0.1, 0.15) is 0 Å². The van der Waals surface area contributed by atoms with E-state index in [1.54, 1.807) is 12.1 Å². The molecule has 0 N–H and O–H groups in total. The van der Waals surface area contributed by atoms with Crippen LogP contribution in [-0.4, -0.2) is 51.3 Å². The van der Waals surface area contributed by atoms with Crippen molar-refractivity contribution in [3.05, 3.63) is 29.8 Å². The molecule has 0 aliphatic heterocycles. The first-order chi connectivity index (χ1) is 11.9. The van der Waals surface area contributed by atoms with Crippen LogP contribution in [0.5, 0.6) is 0 Å². The second kappa shape index (κ2) is 8.81. The minimum atomic E-state index is -3.37. The van der Waals surface area contributed by atoms with Gasteiger partial charge < -0.3 is 9.64 Å². The molecule has 2 atom stereocenters. The number of carbonyl (C=O) groups excluding carboxylic acids is 1. The third-order valence-corrected chi connectivity index (χ3v) is 6.78. The average molecular weight is 368 g/mol. The van der Waals surface area contributed by atoms with Crippen molar-refractivity contribution >= 4 is 15.7 Å². The number of hydrogen-bond acceptors (Lipinski definition) is 4. The first kappa shape index (κ1) is 19.9. The van der Waals surface area contributed by atoms with Crippen LogP contribution in [-0.2, 0) is 14.6 Å². The molecule has 0 radical (unpaired) electrons. The molecule has 1 saturated carbocycles. The van der Waals surface area contributed by atoms with E-state index in [4.69, 9.17) is 4.74 Å². The van der Waals surface area contributed by atoms with Gasteiger partial charge in [-0.25, -0.2) is 8.42 Å². The first-order valence-corrected chi connectivity index (χ1v) is 10.7. The molecule has 0 aromatic heterocycles. The molecule has 0 spiro atoms. The zero-order valence-electron chi connectivity index (χ0n) is 15.4. The fraction of sp³-hybridized carbons (Fsp3) is 0.632. The molecule has 1 aliphatic carbocycles. The summed E-state index contributed by atoms with van der Waals surface area (Å²) in [6.45, 7) is 5.04. The Kier molecular flexibility index (Phi) is 7.02. The lowest BCUT2D eigenvalue weighted by Gasteiger charge is -2.38. The maximum atomic E-state index is 12.9. The van der Waals surface area contributed by atoms with Gasteiger partial charge >= 0.3 is 0 Å². The number of carbonyl (C=O) groups is 1. The summed E-state index contributed by atoms with van der Waals surface area (Å²) in [5.41, 5.74) is 0.547. The summed E-state index contributed by atoms with van der Waals surface area (Å²) in [4.78, 5) is 15.1. The van der Waals surface area contributed by atoms with Crippen molar-refractivity contribution in [2.45, 2.75) is 50.5 Å². The van der Waals surface area contributed by atoms with Gasteiger partial charge in [-0.1, -0.05) is 19.8 Å². The zero-order chi connectivity index (χ0) is 18.4. The summed E-state index contributed by atoms with van der Waals surface area (Å²) in [7, 11) is -1.89. The van der Waals surface area contributed by atoms with Gasteiger partial charge in [0.25, 0.3) is 5.91 Å². The molecule has 2 rings (SSSR count). The Labute approximate surface area is 151 Å². The predicted molar refractivity (Wildman–Crippen MR) is 98.5 cm³/mol. The van der Waals surface area contributed by atoms with Crippen molar-refractivity contribution in [1.82, 2.24) is 4.90 Å². The van der Waals surface area contributed by atoms with Crippen LogP contribution in [0.3, 0.4) is 0 Å². The number of sulfone groups is 1. The molecule has 1 aromatic rings. The Morgan fingerprint density at radius 2 is 1.84 bits per heavy atom. The van der Waals surface area contributed by atoms with Crippen LogP contribution in [0.1, 0.15) is 49.9 Å². The fourth-order valence-electron chi connectivity index (χ4n) is 3.57. The monoisotopic (exact) mass is 367 g/mol. The van der Waals surface area contributed by atoms with E-state index in [9.17, 15) is 13.2 Å². The molecule has 1 aliphatic rings. The van der Waals surface area contributed by atoms with Gasteiger partial charge in [0.15, 0.2) is 9.84 Å². The van der Waals surface area contributed by atoms with E-state index in [1.165, 1.54) is 25.7 Å². The lowest BCUT2D eigenvalue weighted by Crippen LogP contribution is -2.45. The van der Waals surface area contributed by atoms with Crippen LogP contribution in [0.25, 0.3) is 0 Å². The van der Waals surface area contributed by atoms with Gasteiger partial charge in [-0.2, -0.15) is 0 Å². The largest absolute Gasteiger partial charge is 0.384 e. The molecule has 1 fully saturated rings. The Balaban J connectivity index is 2.16. The Morgan fingerprint density at radius 1 is 1.20 bits per heavy atom. The smallest absolute Gasteiger partial charge is 0.254 e. The third-order valence-electron chi connectivity index (χ3n) is 5.08. The molecule has 0 bridgehead atoms. The fourth-order valence-corrected chi connectivity index (χ4v) is 4.74. The van der Waals surface area contributed by atoms with Crippen molar-refractivity contribution in [2.75, 3.05) is 26.0 Å². The van der Waals surface area contributed by atoms with Crippen molar-refractivity contribution in [2.24, 2.45) is 5.92 Å². The van der Waals surface area contributed by atoms with Crippen LogP contribution >= 0.6 is 0 Å². The van der Waals surface area contributed by atoms with E-state index in [1.807, 2.05) is 11.8 Å². The highest BCUT2D eigenvalue weighted by Crippen LogP contribution is 2.29. The van der Waals surface area contributed by atoms with Gasteiger partial charge in [0.2, 0.25) is 0 Å². The van der Waals surface area contributed by atoms with Gasteiger partial charge in [-0.3, -0.25) is 4.79 Å². The summed E-state index contributed by atoms with van der Waals surface area (Å²) in [6, 6.07) is 6.57. The van der Waals surface area contributed by atoms with Crippen molar-refractivity contribution < 1.29 is 17.9 Å². The highest BCUT2D eigenvalue weighted by atomic mass is 32.2. The van der Waals surface area contributed by atoms with E-state index in [0.29, 0.717) is 18.0 Å². The van der Waals surface area contributed by atoms with Crippen LogP contribution in [0.2, 0.25) is 0 Å². The summed E-state index contributed by atoms with van der Waals surface area (Å²) in [5.74, 6) is 0.436. The Hall–Kier alpha value is -1.40. The minimum absolute atomic E-state index is 0.0120. The number of nitrogens with zero attached hydrogens (tertiary/aromatic N) is 1. The lowest BCUT2D eigenvalue weighted by atomic mass is 9.84. The first-order valence-electron chi connectivity index (χ1n) is 9.03. The minimum Gasteiger partial charge on any atom is -0.384 e. The van der Waals surface area contributed by atoms with E-state index in [-0.39, 0.29) is 29.2 Å². The molecule has 0 heterocycles. The van der Waals surface area contributed by atoms with Crippen molar-refractivity contribution in [3.8, 4) is 0 Å². The standard InChI is InChI=1S/C19H29NO4S/c1-4-20(18-8-6-5-7-15(18)2)19(21)16-9-11-17(12-10-16)25(22,23)14-13-24-3/h9-12,15,18H,4-8,13-14H2,1-3H3/t15-,18-/m0/s1. The number of rotatable bonds is 7. The van der Waals surface area contributed by atoms with Crippen LogP contribution in [0, 0.1) is 5.92 Å². The molecular weight excluding hydrogens is 338 g/mol. The SMILES string of the molecule is CCN(C(=O)c1ccc(S(=O)(=O)CCOC)cc1)[C@H]1CCCC[C@@H]1C. The van der Waals surface area contributed by atoms with Crippen LogP contribution in [0.4, 0.5) is 0 Å². The molecule has 0 saturated heterocycles. The number of amides is 1. The van der Waals surface area contributed by atoms with E-state index >= 15 is 0 Å². The van der Waals surface area contributed by atoms with Crippen LogP contribution in [0.15, 0.2) is 29.2 Å². The topological polar surface area (TPSA) is 63.7 Å². The predicted octanol–water partition coefficient (Wildman–Crippen LogP) is 3.15. The second-order valence-electron chi connectivity index (χ2n) is 6.76. The average Bonchev–Trinajstić information content (AvgIpc) is 2.62. The Morgan fingerprint density at radius 3 is 2.40 bits per heavy atom. The summed E-state index contributed by atoms with van der Waals surface area (Å²) < 4.78 is 29.2. The molecule has 140 valence electrons. The number of methoxy groups -OCH3 is 1. The van der Waals surface area contributed by atoms with Crippen molar-refractivity contribution in [1.29, 1.82) is 0 Å². The molecular formula is C19H29NO4S. The van der Waals surface area contributed by atoms with E-state index in [2.05, 4.69) is 6.92 Å². The molecule has 6 heteroatoms. The van der Waals surface area contributed by atoms with Gasteiger partial charge in [-0.15, -0.1) is 0 Å². The highest BCUT2D eigenvalue weighted by Gasteiger charge is 2.30. The zero-order valence-corrected chi connectivity index (χ0v) is 16.2. The third kappa shape index (κ3) is 4.82. The van der Waals surface area contributed by atoms with Gasteiger partial charge in [0.05, 0.1) is 17.3 Å². The quantitative estimate of drug-likeness (QED) is 0.743. The van der Waals surface area contributed by atoms with E-state index in [0.717, 1.165) is 19.3 Å².